The Balaban J connectivity index is 1.72. The van der Waals surface area contributed by atoms with Crippen LogP contribution in [0.1, 0.15) is 30.0 Å². The number of carbonyl (C=O) groups is 1. The van der Waals surface area contributed by atoms with Crippen molar-refractivity contribution in [3.63, 3.8) is 0 Å². The molecular weight excluding hydrogens is 291 g/mol. The van der Waals surface area contributed by atoms with Gasteiger partial charge in [-0.2, -0.15) is 0 Å². The minimum absolute atomic E-state index is 0.0740. The molecule has 2 aromatic rings. The summed E-state index contributed by atoms with van der Waals surface area (Å²) in [4.78, 5) is 11.9. The van der Waals surface area contributed by atoms with Gasteiger partial charge in [0.1, 0.15) is 5.82 Å². The Labute approximate surface area is 136 Å². The van der Waals surface area contributed by atoms with E-state index in [1.165, 1.54) is 11.6 Å². The number of aryl methyl sites for hydroxylation is 2. The molecule has 0 aromatic heterocycles. The van der Waals surface area contributed by atoms with Crippen molar-refractivity contribution in [2.75, 3.05) is 0 Å². The van der Waals surface area contributed by atoms with Crippen molar-refractivity contribution in [3.05, 3.63) is 71.0 Å². The Hall–Kier alpha value is -2.36. The van der Waals surface area contributed by atoms with E-state index in [1.807, 2.05) is 31.2 Å². The molecule has 122 valence electrons. The van der Waals surface area contributed by atoms with E-state index < -0.39 is 0 Å². The summed E-state index contributed by atoms with van der Waals surface area (Å²) >= 11 is 0. The van der Waals surface area contributed by atoms with E-state index >= 15 is 0 Å². The molecule has 0 heterocycles. The van der Waals surface area contributed by atoms with Crippen molar-refractivity contribution in [2.24, 2.45) is 0 Å². The quantitative estimate of drug-likeness (QED) is 0.832. The lowest BCUT2D eigenvalue weighted by Crippen LogP contribution is -2.40. The number of hydrogen-bond acceptors (Lipinski definition) is 1. The van der Waals surface area contributed by atoms with E-state index in [1.54, 1.807) is 13.0 Å². The minimum Gasteiger partial charge on any atom is -0.336 e. The lowest BCUT2D eigenvalue weighted by molar-refractivity contribution is 0.237. The second kappa shape index (κ2) is 8.32. The largest absolute Gasteiger partial charge is 0.336 e. The molecule has 3 nitrogen and oxygen atoms in total. The van der Waals surface area contributed by atoms with Crippen LogP contribution in [0, 0.1) is 12.7 Å². The maximum absolute atomic E-state index is 13.4. The predicted octanol–water partition coefficient (Wildman–Crippen LogP) is 3.95. The molecule has 0 saturated heterocycles. The van der Waals surface area contributed by atoms with Crippen LogP contribution in [0.2, 0.25) is 0 Å². The summed E-state index contributed by atoms with van der Waals surface area (Å²) < 4.78 is 13.4. The second-order valence-corrected chi connectivity index (χ2v) is 5.84. The summed E-state index contributed by atoms with van der Waals surface area (Å²) in [5, 5.41) is 5.66. The topological polar surface area (TPSA) is 41.1 Å². The van der Waals surface area contributed by atoms with Crippen LogP contribution in [-0.2, 0) is 13.0 Å². The van der Waals surface area contributed by atoms with Crippen molar-refractivity contribution in [1.29, 1.82) is 0 Å². The lowest BCUT2D eigenvalue weighted by atomic mass is 10.1. The van der Waals surface area contributed by atoms with Crippen molar-refractivity contribution in [1.82, 2.24) is 10.6 Å². The van der Waals surface area contributed by atoms with Gasteiger partial charge in [0.25, 0.3) is 0 Å². The van der Waals surface area contributed by atoms with Crippen molar-refractivity contribution in [2.45, 2.75) is 39.3 Å². The van der Waals surface area contributed by atoms with Gasteiger partial charge in [-0.05, 0) is 49.4 Å². The Morgan fingerprint density at radius 3 is 2.57 bits per heavy atom. The Bertz CT molecular complexity index is 643. The monoisotopic (exact) mass is 314 g/mol. The minimum atomic E-state index is -0.249. The molecule has 0 radical (unpaired) electrons. The van der Waals surface area contributed by atoms with Crippen LogP contribution < -0.4 is 10.6 Å². The number of benzene rings is 2. The zero-order chi connectivity index (χ0) is 16.7. The fourth-order valence-electron chi connectivity index (χ4n) is 2.30. The van der Waals surface area contributed by atoms with E-state index in [2.05, 4.69) is 22.8 Å². The van der Waals surface area contributed by atoms with Crippen molar-refractivity contribution >= 4 is 6.03 Å². The molecule has 4 heteroatoms. The first-order chi connectivity index (χ1) is 11.0. The smallest absolute Gasteiger partial charge is 0.315 e. The molecule has 1 atom stereocenters. The van der Waals surface area contributed by atoms with Crippen molar-refractivity contribution in [3.8, 4) is 0 Å². The highest BCUT2D eigenvalue weighted by atomic mass is 19.1. The molecule has 2 N–H and O–H groups in total. The SMILES string of the molecule is Cc1ccc(CNC(=O)NC(C)CCc2ccccc2)cc1F. The van der Waals surface area contributed by atoms with Gasteiger partial charge in [-0.25, -0.2) is 9.18 Å². The fraction of sp³-hybridized carbons (Fsp3) is 0.316. The number of nitrogens with one attached hydrogen (secondary N) is 2. The van der Waals surface area contributed by atoms with Gasteiger partial charge in [-0.1, -0.05) is 42.5 Å². The van der Waals surface area contributed by atoms with E-state index in [0.29, 0.717) is 12.1 Å². The maximum Gasteiger partial charge on any atom is 0.315 e. The molecular formula is C19H23FN2O. The summed E-state index contributed by atoms with van der Waals surface area (Å²) in [5.41, 5.74) is 2.62. The first kappa shape index (κ1) is 17.0. The standard InChI is InChI=1S/C19H23FN2O/c1-14-8-10-17(12-18(14)20)13-21-19(23)22-15(2)9-11-16-6-4-3-5-7-16/h3-8,10,12,15H,9,11,13H2,1-2H3,(H2,21,22,23). The van der Waals surface area contributed by atoms with Crippen LogP contribution >= 0.6 is 0 Å². The number of urea groups is 1. The van der Waals surface area contributed by atoms with E-state index in [0.717, 1.165) is 18.4 Å². The molecule has 0 bridgehead atoms. The summed E-state index contributed by atoms with van der Waals surface area (Å²) in [6.07, 6.45) is 1.79. The third-order valence-corrected chi connectivity index (χ3v) is 3.78. The zero-order valence-corrected chi connectivity index (χ0v) is 13.6. The molecule has 23 heavy (non-hydrogen) atoms. The maximum atomic E-state index is 13.4. The molecule has 0 aliphatic carbocycles. The molecule has 0 aliphatic heterocycles. The summed E-state index contributed by atoms with van der Waals surface area (Å²) in [6, 6.07) is 15.0. The normalized spacial score (nSPS) is 11.8. The van der Waals surface area contributed by atoms with E-state index in [9.17, 15) is 9.18 Å². The Kier molecular flexibility index (Phi) is 6.15. The molecule has 2 amide bonds. The highest BCUT2D eigenvalue weighted by Gasteiger charge is 2.07. The van der Waals surface area contributed by atoms with Crippen LogP contribution in [0.3, 0.4) is 0 Å². The number of amides is 2. The van der Waals surface area contributed by atoms with Gasteiger partial charge in [0, 0.05) is 12.6 Å². The zero-order valence-electron chi connectivity index (χ0n) is 13.6. The third kappa shape index (κ3) is 5.74. The highest BCUT2D eigenvalue weighted by molar-refractivity contribution is 5.74. The van der Waals surface area contributed by atoms with Crippen molar-refractivity contribution < 1.29 is 9.18 Å². The summed E-state index contributed by atoms with van der Waals surface area (Å²) in [5.74, 6) is -0.249. The molecule has 1 unspecified atom stereocenters. The number of hydrogen-bond donors (Lipinski definition) is 2. The Morgan fingerprint density at radius 1 is 1.13 bits per heavy atom. The lowest BCUT2D eigenvalue weighted by Gasteiger charge is -2.15. The van der Waals surface area contributed by atoms with Crippen LogP contribution in [0.4, 0.5) is 9.18 Å². The first-order valence-electron chi connectivity index (χ1n) is 7.88. The number of rotatable bonds is 6. The van der Waals surface area contributed by atoms with Gasteiger partial charge in [-0.3, -0.25) is 0 Å². The number of halogens is 1. The molecule has 2 aromatic carbocycles. The second-order valence-electron chi connectivity index (χ2n) is 5.84. The van der Waals surface area contributed by atoms with Gasteiger partial charge < -0.3 is 10.6 Å². The summed E-state index contributed by atoms with van der Waals surface area (Å²) in [7, 11) is 0. The Morgan fingerprint density at radius 2 is 1.87 bits per heavy atom. The van der Waals surface area contributed by atoms with Gasteiger partial charge >= 0.3 is 6.03 Å². The fourth-order valence-corrected chi connectivity index (χ4v) is 2.30. The molecule has 0 aliphatic rings. The van der Waals surface area contributed by atoms with E-state index in [-0.39, 0.29) is 17.9 Å². The highest BCUT2D eigenvalue weighted by Crippen LogP contribution is 2.09. The molecule has 0 fully saturated rings. The van der Waals surface area contributed by atoms with E-state index in [4.69, 9.17) is 0 Å². The van der Waals surface area contributed by atoms with Crippen LogP contribution in [0.25, 0.3) is 0 Å². The van der Waals surface area contributed by atoms with Crippen LogP contribution in [0.5, 0.6) is 0 Å². The first-order valence-corrected chi connectivity index (χ1v) is 7.88. The molecule has 0 spiro atoms. The van der Waals surface area contributed by atoms with Gasteiger partial charge in [0.05, 0.1) is 0 Å². The van der Waals surface area contributed by atoms with Crippen LogP contribution in [0.15, 0.2) is 48.5 Å². The average Bonchev–Trinajstić information content (AvgIpc) is 2.55. The molecule has 2 rings (SSSR count). The number of carbonyl (C=O) groups excluding carboxylic acids is 1. The van der Waals surface area contributed by atoms with Crippen LogP contribution in [-0.4, -0.2) is 12.1 Å². The predicted molar refractivity (Wildman–Crippen MR) is 90.7 cm³/mol. The average molecular weight is 314 g/mol. The summed E-state index contributed by atoms with van der Waals surface area (Å²) in [6.45, 7) is 4.01. The van der Waals surface area contributed by atoms with Gasteiger partial charge in [-0.15, -0.1) is 0 Å². The third-order valence-electron chi connectivity index (χ3n) is 3.78. The molecule has 0 saturated carbocycles. The van der Waals surface area contributed by atoms with Gasteiger partial charge in [0.2, 0.25) is 0 Å². The van der Waals surface area contributed by atoms with Gasteiger partial charge in [0.15, 0.2) is 0 Å².